The molecule has 0 saturated carbocycles. The van der Waals surface area contributed by atoms with Crippen molar-refractivity contribution in [2.45, 2.75) is 13.8 Å². The van der Waals surface area contributed by atoms with E-state index in [4.69, 9.17) is 0 Å². The summed E-state index contributed by atoms with van der Waals surface area (Å²) in [6.07, 6.45) is 0. The van der Waals surface area contributed by atoms with Crippen LogP contribution in [0, 0.1) is 6.92 Å². The second kappa shape index (κ2) is 6.31. The number of phenols is 2. The molecule has 2 aromatic carbocycles. The predicted molar refractivity (Wildman–Crippen MR) is 83.2 cm³/mol. The Morgan fingerprint density at radius 1 is 1.14 bits per heavy atom. The molecule has 0 atom stereocenters. The van der Waals surface area contributed by atoms with Crippen molar-refractivity contribution >= 4 is 11.5 Å². The predicted octanol–water partition coefficient (Wildman–Crippen LogP) is 3.12. The summed E-state index contributed by atoms with van der Waals surface area (Å²) in [5.74, 6) is -0.439. The summed E-state index contributed by atoms with van der Waals surface area (Å²) in [6.45, 7) is 4.85. The maximum absolute atomic E-state index is 12.3. The van der Waals surface area contributed by atoms with Crippen LogP contribution in [0.15, 0.2) is 42.5 Å². The van der Waals surface area contributed by atoms with E-state index in [0.29, 0.717) is 6.54 Å². The van der Waals surface area contributed by atoms with Crippen LogP contribution < -0.4 is 4.90 Å². The van der Waals surface area contributed by atoms with Gasteiger partial charge in [-0.1, -0.05) is 12.1 Å². The molecule has 0 spiro atoms. The molecule has 2 aromatic rings. The van der Waals surface area contributed by atoms with E-state index in [-0.39, 0.29) is 29.4 Å². The van der Waals surface area contributed by atoms with Crippen molar-refractivity contribution in [2.24, 2.45) is 0 Å². The fourth-order valence-corrected chi connectivity index (χ4v) is 2.22. The molecular weight excluding hydrogens is 266 g/mol. The number of aryl methyl sites for hydroxylation is 1. The van der Waals surface area contributed by atoms with Gasteiger partial charge in [-0.05, 0) is 43.7 Å². The molecule has 0 aliphatic rings. The van der Waals surface area contributed by atoms with Crippen LogP contribution in [0.5, 0.6) is 11.5 Å². The summed E-state index contributed by atoms with van der Waals surface area (Å²) in [4.78, 5) is 14.3. The molecule has 0 heterocycles. The molecule has 0 fully saturated rings. The van der Waals surface area contributed by atoms with E-state index < -0.39 is 0 Å². The Morgan fingerprint density at radius 2 is 1.90 bits per heavy atom. The fourth-order valence-electron chi connectivity index (χ4n) is 2.22. The highest BCUT2D eigenvalue weighted by Crippen LogP contribution is 2.24. The molecular formula is C17H19NO3. The first-order valence-electron chi connectivity index (χ1n) is 6.88. The van der Waals surface area contributed by atoms with Gasteiger partial charge in [0.05, 0.1) is 12.1 Å². The van der Waals surface area contributed by atoms with Gasteiger partial charge in [-0.25, -0.2) is 0 Å². The lowest BCUT2D eigenvalue weighted by Gasteiger charge is -2.23. The SMILES string of the molecule is CCN(CC(=O)c1ccc(O)cc1O)c1cccc(C)c1. The van der Waals surface area contributed by atoms with Gasteiger partial charge in [0.1, 0.15) is 11.5 Å². The van der Waals surface area contributed by atoms with Gasteiger partial charge >= 0.3 is 0 Å². The summed E-state index contributed by atoms with van der Waals surface area (Å²) in [7, 11) is 0. The lowest BCUT2D eigenvalue weighted by atomic mass is 10.1. The molecule has 0 aliphatic carbocycles. The fraction of sp³-hybridized carbons (Fsp3) is 0.235. The van der Waals surface area contributed by atoms with Gasteiger partial charge in [0.15, 0.2) is 5.78 Å². The number of Topliss-reactive ketones (excluding diaryl/α,β-unsaturated/α-hetero) is 1. The van der Waals surface area contributed by atoms with Crippen LogP contribution in [-0.2, 0) is 0 Å². The number of carbonyl (C=O) groups is 1. The van der Waals surface area contributed by atoms with Crippen molar-refractivity contribution in [1.29, 1.82) is 0 Å². The summed E-state index contributed by atoms with van der Waals surface area (Å²) in [5.41, 5.74) is 2.33. The molecule has 0 saturated heterocycles. The van der Waals surface area contributed by atoms with Gasteiger partial charge in [0.2, 0.25) is 0 Å². The Bertz CT molecular complexity index is 652. The molecule has 4 heteroatoms. The zero-order valence-corrected chi connectivity index (χ0v) is 12.2. The zero-order valence-electron chi connectivity index (χ0n) is 12.2. The number of nitrogens with zero attached hydrogens (tertiary/aromatic N) is 1. The molecule has 4 nitrogen and oxygen atoms in total. The molecule has 0 unspecified atom stereocenters. The molecule has 0 bridgehead atoms. The number of aromatic hydroxyl groups is 2. The van der Waals surface area contributed by atoms with Gasteiger partial charge in [0.25, 0.3) is 0 Å². The van der Waals surface area contributed by atoms with Crippen LogP contribution in [0.4, 0.5) is 5.69 Å². The number of benzene rings is 2. The maximum Gasteiger partial charge on any atom is 0.185 e. The summed E-state index contributed by atoms with van der Waals surface area (Å²) in [6, 6.07) is 12.0. The van der Waals surface area contributed by atoms with Gasteiger partial charge in [0, 0.05) is 18.3 Å². The van der Waals surface area contributed by atoms with Gasteiger partial charge in [-0.3, -0.25) is 4.79 Å². The van der Waals surface area contributed by atoms with Crippen molar-refractivity contribution in [2.75, 3.05) is 18.0 Å². The first-order valence-corrected chi connectivity index (χ1v) is 6.88. The molecule has 2 N–H and O–H groups in total. The van der Waals surface area contributed by atoms with Gasteiger partial charge < -0.3 is 15.1 Å². The Morgan fingerprint density at radius 3 is 2.52 bits per heavy atom. The standard InChI is InChI=1S/C17H19NO3/c1-3-18(13-6-4-5-12(2)9-13)11-17(21)15-8-7-14(19)10-16(15)20/h4-10,19-20H,3,11H2,1-2H3. The molecule has 0 amide bonds. The third-order valence-corrected chi connectivity index (χ3v) is 3.36. The summed E-state index contributed by atoms with van der Waals surface area (Å²) >= 11 is 0. The van der Waals surface area contributed by atoms with Crippen molar-refractivity contribution in [3.63, 3.8) is 0 Å². The number of hydrogen-bond acceptors (Lipinski definition) is 4. The molecule has 110 valence electrons. The van der Waals surface area contributed by atoms with Crippen LogP contribution in [0.3, 0.4) is 0 Å². The molecule has 2 rings (SSSR count). The normalized spacial score (nSPS) is 10.4. The van der Waals surface area contributed by atoms with Gasteiger partial charge in [-0.2, -0.15) is 0 Å². The van der Waals surface area contributed by atoms with Crippen molar-refractivity contribution in [3.05, 3.63) is 53.6 Å². The second-order valence-corrected chi connectivity index (χ2v) is 4.98. The molecule has 0 aromatic heterocycles. The monoisotopic (exact) mass is 285 g/mol. The van der Waals surface area contributed by atoms with E-state index in [2.05, 4.69) is 0 Å². The number of likely N-dealkylation sites (N-methyl/N-ethyl adjacent to an activating group) is 1. The maximum atomic E-state index is 12.3. The number of rotatable bonds is 5. The lowest BCUT2D eigenvalue weighted by Crippen LogP contribution is -2.29. The lowest BCUT2D eigenvalue weighted by molar-refractivity contribution is 0.0996. The Balaban J connectivity index is 2.20. The highest BCUT2D eigenvalue weighted by molar-refractivity contribution is 6.01. The minimum Gasteiger partial charge on any atom is -0.508 e. The molecule has 0 aliphatic heterocycles. The van der Waals surface area contributed by atoms with Gasteiger partial charge in [-0.15, -0.1) is 0 Å². The smallest absolute Gasteiger partial charge is 0.185 e. The second-order valence-electron chi connectivity index (χ2n) is 4.98. The first-order chi connectivity index (χ1) is 10.0. The number of anilines is 1. The summed E-state index contributed by atoms with van der Waals surface area (Å²) in [5, 5.41) is 19.0. The highest BCUT2D eigenvalue weighted by Gasteiger charge is 2.15. The average Bonchev–Trinajstić information content (AvgIpc) is 2.44. The van der Waals surface area contributed by atoms with Crippen LogP contribution in [0.2, 0.25) is 0 Å². The van der Waals surface area contributed by atoms with Crippen LogP contribution >= 0.6 is 0 Å². The number of hydrogen-bond donors (Lipinski definition) is 2. The zero-order chi connectivity index (χ0) is 15.4. The van der Waals surface area contributed by atoms with E-state index in [0.717, 1.165) is 11.3 Å². The van der Waals surface area contributed by atoms with Crippen LogP contribution in [-0.4, -0.2) is 29.1 Å². The number of ketones is 1. The minimum absolute atomic E-state index is 0.0601. The largest absolute Gasteiger partial charge is 0.508 e. The van der Waals surface area contributed by atoms with Crippen LogP contribution in [0.25, 0.3) is 0 Å². The highest BCUT2D eigenvalue weighted by atomic mass is 16.3. The van der Waals surface area contributed by atoms with E-state index in [9.17, 15) is 15.0 Å². The van der Waals surface area contributed by atoms with E-state index in [1.807, 2.05) is 43.0 Å². The average molecular weight is 285 g/mol. The van der Waals surface area contributed by atoms with Crippen molar-refractivity contribution < 1.29 is 15.0 Å². The quantitative estimate of drug-likeness (QED) is 0.829. The summed E-state index contributed by atoms with van der Waals surface area (Å²) < 4.78 is 0. The topological polar surface area (TPSA) is 60.8 Å². The third-order valence-electron chi connectivity index (χ3n) is 3.36. The van der Waals surface area contributed by atoms with E-state index in [1.54, 1.807) is 0 Å². The van der Waals surface area contributed by atoms with Crippen molar-refractivity contribution in [1.82, 2.24) is 0 Å². The first kappa shape index (κ1) is 14.9. The molecule has 0 radical (unpaired) electrons. The Hall–Kier alpha value is -2.49. The van der Waals surface area contributed by atoms with E-state index >= 15 is 0 Å². The van der Waals surface area contributed by atoms with Crippen LogP contribution in [0.1, 0.15) is 22.8 Å². The van der Waals surface area contributed by atoms with Crippen molar-refractivity contribution in [3.8, 4) is 11.5 Å². The third kappa shape index (κ3) is 3.54. The molecule has 21 heavy (non-hydrogen) atoms. The van der Waals surface area contributed by atoms with E-state index in [1.165, 1.54) is 18.2 Å². The Kier molecular flexibility index (Phi) is 4.48. The Labute approximate surface area is 124 Å². The minimum atomic E-state index is -0.194. The number of carbonyl (C=O) groups excluding carboxylic acids is 1. The number of phenolic OH excluding ortho intramolecular Hbond substituents is 2.